The topological polar surface area (TPSA) is 63.7 Å². The first kappa shape index (κ1) is 17.0. The van der Waals surface area contributed by atoms with Gasteiger partial charge < -0.3 is 4.74 Å². The number of carbonyl (C=O) groups excluding carboxylic acids is 1. The van der Waals surface area contributed by atoms with E-state index in [9.17, 15) is 13.2 Å². The molecule has 1 aromatic rings. The van der Waals surface area contributed by atoms with E-state index in [1.807, 2.05) is 13.0 Å². The van der Waals surface area contributed by atoms with Crippen LogP contribution < -0.4 is 4.74 Å². The Morgan fingerprint density at radius 1 is 1.32 bits per heavy atom. The summed E-state index contributed by atoms with van der Waals surface area (Å²) in [4.78, 5) is 12.6. The van der Waals surface area contributed by atoms with E-state index in [0.717, 1.165) is 11.3 Å². The molecule has 1 fully saturated rings. The molecule has 0 unspecified atom stereocenters. The number of hydrogen-bond donors (Lipinski definition) is 0. The van der Waals surface area contributed by atoms with Crippen molar-refractivity contribution in [2.75, 3.05) is 26.0 Å². The lowest BCUT2D eigenvalue weighted by Crippen LogP contribution is -2.40. The van der Waals surface area contributed by atoms with Crippen LogP contribution >= 0.6 is 0 Å². The molecule has 1 heterocycles. The minimum absolute atomic E-state index is 0.0966. The van der Waals surface area contributed by atoms with Gasteiger partial charge in [0, 0.05) is 24.6 Å². The molecule has 22 heavy (non-hydrogen) atoms. The highest BCUT2D eigenvalue weighted by atomic mass is 32.2. The molecule has 1 aliphatic rings. The lowest BCUT2D eigenvalue weighted by Gasteiger charge is -2.30. The number of carbonyl (C=O) groups is 1. The van der Waals surface area contributed by atoms with Gasteiger partial charge in [-0.2, -0.15) is 0 Å². The largest absolute Gasteiger partial charge is 0.496 e. The minimum Gasteiger partial charge on any atom is -0.496 e. The maximum absolute atomic E-state index is 12.6. The lowest BCUT2D eigenvalue weighted by molar-refractivity contribution is 0.0875. The summed E-state index contributed by atoms with van der Waals surface area (Å²) in [7, 11) is -1.54. The molecular weight excluding hydrogens is 302 g/mol. The van der Waals surface area contributed by atoms with E-state index in [4.69, 9.17) is 4.74 Å². The van der Waals surface area contributed by atoms with Crippen molar-refractivity contribution in [3.63, 3.8) is 0 Å². The van der Waals surface area contributed by atoms with E-state index < -0.39 is 10.0 Å². The normalized spacial score (nSPS) is 17.4. The van der Waals surface area contributed by atoms with Crippen molar-refractivity contribution < 1.29 is 17.9 Å². The second-order valence-corrected chi connectivity index (χ2v) is 7.88. The van der Waals surface area contributed by atoms with Gasteiger partial charge in [-0.15, -0.1) is 0 Å². The molecule has 0 bridgehead atoms. The number of ketones is 1. The van der Waals surface area contributed by atoms with E-state index >= 15 is 0 Å². The SMILES string of the molecule is CCS(=O)(=O)N1CCC(C(=O)c2ccc(OC)c(C)c2)CC1. The van der Waals surface area contributed by atoms with E-state index in [1.54, 1.807) is 26.2 Å². The quantitative estimate of drug-likeness (QED) is 0.779. The molecule has 0 radical (unpaired) electrons. The maximum atomic E-state index is 12.6. The molecule has 0 N–H and O–H groups in total. The second kappa shape index (κ2) is 6.79. The number of methoxy groups -OCH3 is 1. The Bertz CT molecular complexity index is 646. The molecule has 0 amide bonds. The van der Waals surface area contributed by atoms with Crippen molar-refractivity contribution in [1.29, 1.82) is 0 Å². The molecule has 0 spiro atoms. The maximum Gasteiger partial charge on any atom is 0.213 e. The number of piperidine rings is 1. The van der Waals surface area contributed by atoms with E-state index in [1.165, 1.54) is 4.31 Å². The fourth-order valence-electron chi connectivity index (χ4n) is 2.85. The molecule has 0 aromatic heterocycles. The number of rotatable bonds is 5. The zero-order valence-corrected chi connectivity index (χ0v) is 14.1. The van der Waals surface area contributed by atoms with Crippen LogP contribution in [0.25, 0.3) is 0 Å². The number of ether oxygens (including phenoxy) is 1. The number of hydrogen-bond acceptors (Lipinski definition) is 4. The van der Waals surface area contributed by atoms with Crippen LogP contribution in [0.1, 0.15) is 35.7 Å². The van der Waals surface area contributed by atoms with Gasteiger partial charge in [0.25, 0.3) is 0 Å². The molecule has 122 valence electrons. The van der Waals surface area contributed by atoms with E-state index in [0.29, 0.717) is 31.5 Å². The Morgan fingerprint density at radius 3 is 2.45 bits per heavy atom. The van der Waals surface area contributed by atoms with E-state index in [2.05, 4.69) is 0 Å². The summed E-state index contributed by atoms with van der Waals surface area (Å²) >= 11 is 0. The van der Waals surface area contributed by atoms with Gasteiger partial charge in [-0.3, -0.25) is 4.79 Å². The molecule has 2 rings (SSSR count). The Balaban J connectivity index is 2.05. The highest BCUT2D eigenvalue weighted by Gasteiger charge is 2.30. The van der Waals surface area contributed by atoms with Crippen molar-refractivity contribution >= 4 is 15.8 Å². The summed E-state index contributed by atoms with van der Waals surface area (Å²) in [6.07, 6.45) is 1.17. The third-order valence-electron chi connectivity index (χ3n) is 4.26. The molecule has 0 saturated carbocycles. The Hall–Kier alpha value is -1.40. The highest BCUT2D eigenvalue weighted by Crippen LogP contribution is 2.26. The van der Waals surface area contributed by atoms with Crippen LogP contribution in [-0.4, -0.2) is 44.5 Å². The summed E-state index contributed by atoms with van der Waals surface area (Å²) in [6.45, 7) is 4.42. The van der Waals surface area contributed by atoms with Gasteiger partial charge in [0.2, 0.25) is 10.0 Å². The smallest absolute Gasteiger partial charge is 0.213 e. The predicted molar refractivity (Wildman–Crippen MR) is 85.8 cm³/mol. The first-order valence-electron chi connectivity index (χ1n) is 7.55. The molecular formula is C16H23NO4S. The zero-order valence-electron chi connectivity index (χ0n) is 13.3. The number of benzene rings is 1. The number of sulfonamides is 1. The standard InChI is InChI=1S/C16H23NO4S/c1-4-22(19,20)17-9-7-13(8-10-17)16(18)14-5-6-15(21-3)12(2)11-14/h5-6,11,13H,4,7-10H2,1-3H3. The average molecular weight is 325 g/mol. The van der Waals surface area contributed by atoms with Gasteiger partial charge in [0.05, 0.1) is 12.9 Å². The van der Waals surface area contributed by atoms with Crippen molar-refractivity contribution in [3.8, 4) is 5.75 Å². The Kier molecular flexibility index (Phi) is 5.24. The number of nitrogens with zero attached hydrogens (tertiary/aromatic N) is 1. The second-order valence-electron chi connectivity index (χ2n) is 5.62. The average Bonchev–Trinajstić information content (AvgIpc) is 2.54. The Labute approximate surface area is 132 Å². The predicted octanol–water partition coefficient (Wildman–Crippen LogP) is 2.25. The molecule has 1 saturated heterocycles. The first-order chi connectivity index (χ1) is 10.4. The third kappa shape index (κ3) is 3.50. The van der Waals surface area contributed by atoms with Gasteiger partial charge in [0.1, 0.15) is 5.75 Å². The van der Waals surface area contributed by atoms with Gasteiger partial charge in [-0.25, -0.2) is 12.7 Å². The lowest BCUT2D eigenvalue weighted by atomic mass is 9.89. The van der Waals surface area contributed by atoms with Crippen molar-refractivity contribution in [2.45, 2.75) is 26.7 Å². The molecule has 0 atom stereocenters. The highest BCUT2D eigenvalue weighted by molar-refractivity contribution is 7.89. The van der Waals surface area contributed by atoms with Crippen LogP contribution in [0.2, 0.25) is 0 Å². The summed E-state index contributed by atoms with van der Waals surface area (Å²) in [5.74, 6) is 0.874. The Morgan fingerprint density at radius 2 is 1.95 bits per heavy atom. The van der Waals surface area contributed by atoms with Crippen molar-refractivity contribution in [1.82, 2.24) is 4.31 Å². The van der Waals surface area contributed by atoms with Crippen molar-refractivity contribution in [2.24, 2.45) is 5.92 Å². The zero-order chi connectivity index (χ0) is 16.3. The van der Waals surface area contributed by atoms with E-state index in [-0.39, 0.29) is 17.5 Å². The number of Topliss-reactive ketones (excluding diaryl/α,β-unsaturated/α-hetero) is 1. The van der Waals surface area contributed by atoms with Crippen LogP contribution in [0.3, 0.4) is 0 Å². The fourth-order valence-corrected chi connectivity index (χ4v) is 3.98. The number of aryl methyl sites for hydroxylation is 1. The summed E-state index contributed by atoms with van der Waals surface area (Å²) in [5, 5.41) is 0. The van der Waals surface area contributed by atoms with Gasteiger partial charge in [-0.1, -0.05) is 0 Å². The molecule has 1 aromatic carbocycles. The summed E-state index contributed by atoms with van der Waals surface area (Å²) in [5.41, 5.74) is 1.61. The molecule has 5 nitrogen and oxygen atoms in total. The summed E-state index contributed by atoms with van der Waals surface area (Å²) in [6, 6.07) is 5.43. The van der Waals surface area contributed by atoms with Crippen LogP contribution in [-0.2, 0) is 10.0 Å². The van der Waals surface area contributed by atoms with Crippen LogP contribution in [0.15, 0.2) is 18.2 Å². The van der Waals surface area contributed by atoms with Crippen LogP contribution in [0, 0.1) is 12.8 Å². The molecule has 0 aliphatic carbocycles. The van der Waals surface area contributed by atoms with Crippen LogP contribution in [0.4, 0.5) is 0 Å². The molecule has 6 heteroatoms. The monoisotopic (exact) mass is 325 g/mol. The third-order valence-corrected chi connectivity index (χ3v) is 6.14. The summed E-state index contributed by atoms with van der Waals surface area (Å²) < 4.78 is 30.4. The molecule has 1 aliphatic heterocycles. The van der Waals surface area contributed by atoms with Gasteiger partial charge in [0.15, 0.2) is 5.78 Å². The first-order valence-corrected chi connectivity index (χ1v) is 9.16. The minimum atomic E-state index is -3.15. The van der Waals surface area contributed by atoms with Gasteiger partial charge >= 0.3 is 0 Å². The van der Waals surface area contributed by atoms with Gasteiger partial charge in [-0.05, 0) is 50.5 Å². The fraction of sp³-hybridized carbons (Fsp3) is 0.562. The van der Waals surface area contributed by atoms with Crippen molar-refractivity contribution in [3.05, 3.63) is 29.3 Å². The van der Waals surface area contributed by atoms with Crippen LogP contribution in [0.5, 0.6) is 5.75 Å².